The van der Waals surface area contributed by atoms with E-state index in [1.54, 1.807) is 6.07 Å². The average molecular weight is 305 g/mol. The van der Waals surface area contributed by atoms with E-state index in [0.717, 1.165) is 29.8 Å². The first kappa shape index (κ1) is 14.4. The minimum absolute atomic E-state index is 0.0539. The maximum absolute atomic E-state index is 13.6. The van der Waals surface area contributed by atoms with Crippen LogP contribution in [0.15, 0.2) is 42.5 Å². The molecule has 0 saturated heterocycles. The largest absolute Gasteiger partial charge is 0.362 e. The summed E-state index contributed by atoms with van der Waals surface area (Å²) in [7, 11) is 0. The lowest BCUT2D eigenvalue weighted by Crippen LogP contribution is -2.39. The number of hydrogen-bond donors (Lipinski definition) is 1. The Morgan fingerprint density at radius 2 is 2.00 bits per heavy atom. The second-order valence-electron chi connectivity index (χ2n) is 5.54. The number of halogens is 2. The highest BCUT2D eigenvalue weighted by Gasteiger charge is 2.31. The number of rotatable bonds is 3. The fraction of sp³-hybridized carbons (Fsp3) is 0.294. The van der Waals surface area contributed by atoms with Crippen LogP contribution in [0.5, 0.6) is 0 Å². The number of anilines is 1. The van der Waals surface area contributed by atoms with Gasteiger partial charge in [0.25, 0.3) is 0 Å². The van der Waals surface area contributed by atoms with Gasteiger partial charge in [-0.1, -0.05) is 35.9 Å². The topological polar surface area (TPSA) is 29.3 Å². The Bertz CT molecular complexity index is 657. The summed E-state index contributed by atoms with van der Waals surface area (Å²) in [5.74, 6) is -0.219. The van der Waals surface area contributed by atoms with E-state index in [-0.39, 0.29) is 17.9 Å². The van der Waals surface area contributed by atoms with Crippen LogP contribution in [0.4, 0.5) is 10.1 Å². The second-order valence-corrected chi connectivity index (χ2v) is 5.95. The molecule has 2 unspecified atom stereocenters. The van der Waals surface area contributed by atoms with Gasteiger partial charge in [0.15, 0.2) is 0 Å². The standard InChI is InChI=1S/C17H18ClFN2/c1-11(20)17(14-4-2-3-5-15(14)18)21-9-8-12-6-7-13(19)10-16(12)21/h2-7,10-11,17H,8-9,20H2,1H3. The fourth-order valence-corrected chi connectivity index (χ4v) is 3.36. The number of nitrogens with two attached hydrogens (primary N) is 1. The van der Waals surface area contributed by atoms with Crippen LogP contribution in [0, 0.1) is 5.82 Å². The Morgan fingerprint density at radius 1 is 1.24 bits per heavy atom. The normalized spacial score (nSPS) is 16.7. The van der Waals surface area contributed by atoms with E-state index >= 15 is 0 Å². The van der Waals surface area contributed by atoms with Crippen molar-refractivity contribution in [3.05, 3.63) is 64.4 Å². The molecule has 0 fully saturated rings. The quantitative estimate of drug-likeness (QED) is 0.931. The van der Waals surface area contributed by atoms with E-state index in [1.165, 1.54) is 6.07 Å². The van der Waals surface area contributed by atoms with E-state index in [2.05, 4.69) is 4.90 Å². The number of benzene rings is 2. The summed E-state index contributed by atoms with van der Waals surface area (Å²) in [4.78, 5) is 2.17. The molecule has 2 N–H and O–H groups in total. The molecule has 0 saturated carbocycles. The van der Waals surface area contributed by atoms with Crippen LogP contribution in [0.1, 0.15) is 24.1 Å². The lowest BCUT2D eigenvalue weighted by atomic mass is 9.99. The van der Waals surface area contributed by atoms with Crippen LogP contribution in [-0.2, 0) is 6.42 Å². The molecule has 0 radical (unpaired) electrons. The molecular weight excluding hydrogens is 287 g/mol. The monoisotopic (exact) mass is 304 g/mol. The first-order valence-corrected chi connectivity index (χ1v) is 7.51. The van der Waals surface area contributed by atoms with Crippen LogP contribution in [0.25, 0.3) is 0 Å². The zero-order chi connectivity index (χ0) is 15.0. The van der Waals surface area contributed by atoms with Gasteiger partial charge in [0.2, 0.25) is 0 Å². The Kier molecular flexibility index (Phi) is 3.87. The van der Waals surface area contributed by atoms with Crippen molar-refractivity contribution in [2.45, 2.75) is 25.4 Å². The molecule has 0 aromatic heterocycles. The molecule has 2 aromatic rings. The highest BCUT2D eigenvalue weighted by Crippen LogP contribution is 2.38. The van der Waals surface area contributed by atoms with Crippen LogP contribution >= 0.6 is 11.6 Å². The smallest absolute Gasteiger partial charge is 0.125 e. The SMILES string of the molecule is CC(N)C(c1ccccc1Cl)N1CCc2ccc(F)cc21. The Hall–Kier alpha value is -1.58. The van der Waals surface area contributed by atoms with Gasteiger partial charge in [0, 0.05) is 23.3 Å². The fourth-order valence-electron chi connectivity index (χ4n) is 3.12. The van der Waals surface area contributed by atoms with Crippen molar-refractivity contribution in [3.63, 3.8) is 0 Å². The Labute approximate surface area is 129 Å². The molecule has 1 heterocycles. The summed E-state index contributed by atoms with van der Waals surface area (Å²) >= 11 is 6.34. The van der Waals surface area contributed by atoms with Crippen molar-refractivity contribution in [1.29, 1.82) is 0 Å². The van der Waals surface area contributed by atoms with Crippen LogP contribution < -0.4 is 10.6 Å². The molecule has 2 nitrogen and oxygen atoms in total. The first-order valence-electron chi connectivity index (χ1n) is 7.13. The molecule has 3 rings (SSSR count). The Balaban J connectivity index is 2.05. The zero-order valence-electron chi connectivity index (χ0n) is 11.9. The summed E-state index contributed by atoms with van der Waals surface area (Å²) in [6.07, 6.45) is 0.906. The van der Waals surface area contributed by atoms with E-state index in [0.29, 0.717) is 5.02 Å². The van der Waals surface area contributed by atoms with Gasteiger partial charge in [0.05, 0.1) is 6.04 Å². The highest BCUT2D eigenvalue weighted by molar-refractivity contribution is 6.31. The van der Waals surface area contributed by atoms with Crippen LogP contribution in [-0.4, -0.2) is 12.6 Å². The van der Waals surface area contributed by atoms with Gasteiger partial charge >= 0.3 is 0 Å². The zero-order valence-corrected chi connectivity index (χ0v) is 12.6. The third-order valence-corrected chi connectivity index (χ3v) is 4.38. The summed E-state index contributed by atoms with van der Waals surface area (Å²) in [5.41, 5.74) is 9.30. The van der Waals surface area contributed by atoms with Gasteiger partial charge in [-0.2, -0.15) is 0 Å². The summed E-state index contributed by atoms with van der Waals surface area (Å²) in [6, 6.07) is 12.5. The molecule has 0 amide bonds. The van der Waals surface area contributed by atoms with Crippen LogP contribution in [0.2, 0.25) is 5.02 Å². The predicted molar refractivity (Wildman–Crippen MR) is 85.3 cm³/mol. The van der Waals surface area contributed by atoms with E-state index in [1.807, 2.05) is 37.3 Å². The van der Waals surface area contributed by atoms with Crippen molar-refractivity contribution in [2.24, 2.45) is 5.73 Å². The van der Waals surface area contributed by atoms with Gasteiger partial charge in [-0.05, 0) is 42.7 Å². The van der Waals surface area contributed by atoms with Gasteiger partial charge < -0.3 is 10.6 Å². The van der Waals surface area contributed by atoms with Crippen LogP contribution in [0.3, 0.4) is 0 Å². The minimum atomic E-state index is -0.219. The van der Waals surface area contributed by atoms with Crippen molar-refractivity contribution in [2.75, 3.05) is 11.4 Å². The first-order chi connectivity index (χ1) is 10.1. The summed E-state index contributed by atoms with van der Waals surface area (Å²) in [6.45, 7) is 2.79. The van der Waals surface area contributed by atoms with Gasteiger partial charge in [-0.25, -0.2) is 4.39 Å². The van der Waals surface area contributed by atoms with E-state index < -0.39 is 0 Å². The third kappa shape index (κ3) is 2.63. The second kappa shape index (κ2) is 5.66. The van der Waals surface area contributed by atoms with Crippen molar-refractivity contribution in [1.82, 2.24) is 0 Å². The van der Waals surface area contributed by atoms with Crippen molar-refractivity contribution >= 4 is 17.3 Å². The molecule has 4 heteroatoms. The average Bonchev–Trinajstić information content (AvgIpc) is 2.84. The molecule has 2 atom stereocenters. The lowest BCUT2D eigenvalue weighted by Gasteiger charge is -2.34. The van der Waals surface area contributed by atoms with Gasteiger partial charge in [0.1, 0.15) is 5.82 Å². The van der Waals surface area contributed by atoms with Gasteiger partial charge in [-0.15, -0.1) is 0 Å². The number of hydrogen-bond acceptors (Lipinski definition) is 2. The van der Waals surface area contributed by atoms with E-state index in [9.17, 15) is 4.39 Å². The minimum Gasteiger partial charge on any atom is -0.362 e. The molecular formula is C17H18ClFN2. The molecule has 21 heavy (non-hydrogen) atoms. The summed E-state index contributed by atoms with van der Waals surface area (Å²) in [5, 5.41) is 0.699. The van der Waals surface area contributed by atoms with Gasteiger partial charge in [-0.3, -0.25) is 0 Å². The van der Waals surface area contributed by atoms with Crippen molar-refractivity contribution in [3.8, 4) is 0 Å². The number of nitrogens with zero attached hydrogens (tertiary/aromatic N) is 1. The molecule has 1 aliphatic heterocycles. The van der Waals surface area contributed by atoms with E-state index in [4.69, 9.17) is 17.3 Å². The predicted octanol–water partition coefficient (Wildman–Crippen LogP) is 3.93. The van der Waals surface area contributed by atoms with Crippen molar-refractivity contribution < 1.29 is 4.39 Å². The molecule has 0 aliphatic carbocycles. The molecule has 2 aromatic carbocycles. The molecule has 110 valence electrons. The third-order valence-electron chi connectivity index (χ3n) is 4.04. The maximum Gasteiger partial charge on any atom is 0.125 e. The number of fused-ring (bicyclic) bond motifs is 1. The lowest BCUT2D eigenvalue weighted by molar-refractivity contribution is 0.540. The maximum atomic E-state index is 13.6. The Morgan fingerprint density at radius 3 is 2.71 bits per heavy atom. The molecule has 1 aliphatic rings. The molecule has 0 bridgehead atoms. The molecule has 0 spiro atoms. The summed E-state index contributed by atoms with van der Waals surface area (Å²) < 4.78 is 13.6. The highest BCUT2D eigenvalue weighted by atomic mass is 35.5.